The standard InChI is InChI=1S/C16H22N2O/c1-12-7-6-8-13(9-12)15-10-14(11-19-5)18(17-15)16(2,3)4/h6-10H,11H2,1-5H3. The predicted molar refractivity (Wildman–Crippen MR) is 78.1 cm³/mol. The zero-order valence-corrected chi connectivity index (χ0v) is 12.4. The van der Waals surface area contributed by atoms with Gasteiger partial charge in [-0.25, -0.2) is 0 Å². The zero-order chi connectivity index (χ0) is 14.0. The first-order valence-corrected chi connectivity index (χ1v) is 6.57. The van der Waals surface area contributed by atoms with E-state index in [1.165, 1.54) is 5.56 Å². The van der Waals surface area contributed by atoms with Crippen LogP contribution in [0.3, 0.4) is 0 Å². The first-order valence-electron chi connectivity index (χ1n) is 6.57. The average molecular weight is 258 g/mol. The topological polar surface area (TPSA) is 27.1 Å². The molecular formula is C16H22N2O. The summed E-state index contributed by atoms with van der Waals surface area (Å²) in [6.45, 7) is 9.13. The molecule has 0 spiro atoms. The molecule has 0 fully saturated rings. The van der Waals surface area contributed by atoms with Crippen LogP contribution in [0.15, 0.2) is 30.3 Å². The fourth-order valence-electron chi connectivity index (χ4n) is 2.20. The van der Waals surface area contributed by atoms with Gasteiger partial charge in [-0.2, -0.15) is 5.10 Å². The monoisotopic (exact) mass is 258 g/mol. The summed E-state index contributed by atoms with van der Waals surface area (Å²) in [5.74, 6) is 0. The predicted octanol–water partition coefficient (Wildman–Crippen LogP) is 3.76. The SMILES string of the molecule is COCc1cc(-c2cccc(C)c2)nn1C(C)(C)C. The molecule has 0 saturated heterocycles. The van der Waals surface area contributed by atoms with Crippen LogP contribution in [-0.4, -0.2) is 16.9 Å². The van der Waals surface area contributed by atoms with Gasteiger partial charge >= 0.3 is 0 Å². The van der Waals surface area contributed by atoms with Crippen LogP contribution in [-0.2, 0) is 16.9 Å². The van der Waals surface area contributed by atoms with Gasteiger partial charge in [0.15, 0.2) is 0 Å². The van der Waals surface area contributed by atoms with Crippen LogP contribution in [0.4, 0.5) is 0 Å². The second-order valence-corrected chi connectivity index (χ2v) is 5.91. The molecular weight excluding hydrogens is 236 g/mol. The van der Waals surface area contributed by atoms with Gasteiger partial charge in [-0.3, -0.25) is 4.68 Å². The number of hydrogen-bond donors (Lipinski definition) is 0. The van der Waals surface area contributed by atoms with Crippen molar-refractivity contribution in [3.8, 4) is 11.3 Å². The molecule has 0 N–H and O–H groups in total. The minimum atomic E-state index is -0.0457. The first kappa shape index (κ1) is 13.8. The molecule has 102 valence electrons. The van der Waals surface area contributed by atoms with E-state index in [0.29, 0.717) is 6.61 Å². The van der Waals surface area contributed by atoms with Crippen molar-refractivity contribution in [3.63, 3.8) is 0 Å². The Morgan fingerprint density at radius 3 is 2.53 bits per heavy atom. The summed E-state index contributed by atoms with van der Waals surface area (Å²) in [5, 5.41) is 4.75. The van der Waals surface area contributed by atoms with Crippen molar-refractivity contribution in [1.29, 1.82) is 0 Å². The van der Waals surface area contributed by atoms with Crippen LogP contribution in [0, 0.1) is 6.92 Å². The summed E-state index contributed by atoms with van der Waals surface area (Å²) in [6.07, 6.45) is 0. The number of rotatable bonds is 3. The average Bonchev–Trinajstić information content (AvgIpc) is 2.73. The lowest BCUT2D eigenvalue weighted by Gasteiger charge is -2.22. The van der Waals surface area contributed by atoms with Gasteiger partial charge in [0.1, 0.15) is 0 Å². The lowest BCUT2D eigenvalue weighted by atomic mass is 10.1. The van der Waals surface area contributed by atoms with E-state index in [0.717, 1.165) is 17.0 Å². The maximum absolute atomic E-state index is 5.28. The minimum Gasteiger partial charge on any atom is -0.378 e. The molecule has 1 aromatic heterocycles. The second-order valence-electron chi connectivity index (χ2n) is 5.91. The van der Waals surface area contributed by atoms with Crippen LogP contribution < -0.4 is 0 Å². The van der Waals surface area contributed by atoms with Crippen LogP contribution in [0.1, 0.15) is 32.0 Å². The molecule has 0 bridgehead atoms. The van der Waals surface area contributed by atoms with Crippen molar-refractivity contribution in [2.45, 2.75) is 39.8 Å². The molecule has 3 nitrogen and oxygen atoms in total. The quantitative estimate of drug-likeness (QED) is 0.838. The summed E-state index contributed by atoms with van der Waals surface area (Å²) in [7, 11) is 1.71. The molecule has 19 heavy (non-hydrogen) atoms. The normalized spacial score (nSPS) is 11.8. The number of aromatic nitrogens is 2. The van der Waals surface area contributed by atoms with E-state index in [-0.39, 0.29) is 5.54 Å². The van der Waals surface area contributed by atoms with Gasteiger partial charge in [-0.1, -0.05) is 23.8 Å². The van der Waals surface area contributed by atoms with Crippen LogP contribution >= 0.6 is 0 Å². The van der Waals surface area contributed by atoms with E-state index in [2.05, 4.69) is 58.0 Å². The van der Waals surface area contributed by atoms with E-state index < -0.39 is 0 Å². The maximum atomic E-state index is 5.28. The molecule has 0 aliphatic heterocycles. The Hall–Kier alpha value is -1.61. The third-order valence-electron chi connectivity index (χ3n) is 3.02. The van der Waals surface area contributed by atoms with Crippen molar-refractivity contribution < 1.29 is 4.74 Å². The van der Waals surface area contributed by atoms with Crippen LogP contribution in [0.2, 0.25) is 0 Å². The summed E-state index contributed by atoms with van der Waals surface area (Å²) < 4.78 is 7.33. The molecule has 0 radical (unpaired) electrons. The largest absolute Gasteiger partial charge is 0.378 e. The highest BCUT2D eigenvalue weighted by Crippen LogP contribution is 2.24. The summed E-state index contributed by atoms with van der Waals surface area (Å²) in [4.78, 5) is 0. The van der Waals surface area contributed by atoms with E-state index >= 15 is 0 Å². The lowest BCUT2D eigenvalue weighted by Crippen LogP contribution is -2.25. The molecule has 0 aliphatic carbocycles. The van der Waals surface area contributed by atoms with Crippen molar-refractivity contribution >= 4 is 0 Å². The van der Waals surface area contributed by atoms with Gasteiger partial charge in [0.25, 0.3) is 0 Å². The number of hydrogen-bond acceptors (Lipinski definition) is 2. The fourth-order valence-corrected chi connectivity index (χ4v) is 2.20. The highest BCUT2D eigenvalue weighted by atomic mass is 16.5. The Morgan fingerprint density at radius 1 is 1.21 bits per heavy atom. The highest BCUT2D eigenvalue weighted by molar-refractivity contribution is 5.60. The number of methoxy groups -OCH3 is 1. The number of aryl methyl sites for hydroxylation is 1. The van der Waals surface area contributed by atoms with Crippen molar-refractivity contribution in [2.24, 2.45) is 0 Å². The Labute approximate surface area is 115 Å². The van der Waals surface area contributed by atoms with Crippen molar-refractivity contribution in [1.82, 2.24) is 9.78 Å². The third kappa shape index (κ3) is 3.04. The molecule has 0 amide bonds. The molecule has 2 rings (SSSR count). The summed E-state index contributed by atoms with van der Waals surface area (Å²) in [5.41, 5.74) is 4.46. The molecule has 2 aromatic rings. The smallest absolute Gasteiger partial charge is 0.0927 e. The molecule has 3 heteroatoms. The van der Waals surface area contributed by atoms with Gasteiger partial charge in [-0.05, 0) is 39.8 Å². The first-order chi connectivity index (χ1) is 8.91. The molecule has 1 heterocycles. The maximum Gasteiger partial charge on any atom is 0.0927 e. The molecule has 0 atom stereocenters. The van der Waals surface area contributed by atoms with Gasteiger partial charge in [-0.15, -0.1) is 0 Å². The van der Waals surface area contributed by atoms with Gasteiger partial charge in [0.2, 0.25) is 0 Å². The van der Waals surface area contributed by atoms with E-state index in [9.17, 15) is 0 Å². The van der Waals surface area contributed by atoms with E-state index in [1.807, 2.05) is 4.68 Å². The summed E-state index contributed by atoms with van der Waals surface area (Å²) >= 11 is 0. The molecule has 0 aliphatic rings. The second kappa shape index (κ2) is 5.17. The van der Waals surface area contributed by atoms with Crippen molar-refractivity contribution in [2.75, 3.05) is 7.11 Å². The lowest BCUT2D eigenvalue weighted by molar-refractivity contribution is 0.169. The Balaban J connectivity index is 2.48. The molecule has 0 unspecified atom stereocenters. The van der Waals surface area contributed by atoms with Gasteiger partial charge in [0.05, 0.1) is 23.5 Å². The molecule has 1 aromatic carbocycles. The number of benzene rings is 1. The Bertz CT molecular complexity index is 564. The zero-order valence-electron chi connectivity index (χ0n) is 12.4. The minimum absolute atomic E-state index is 0.0457. The van der Waals surface area contributed by atoms with Crippen LogP contribution in [0.25, 0.3) is 11.3 Å². The summed E-state index contributed by atoms with van der Waals surface area (Å²) in [6, 6.07) is 10.5. The van der Waals surface area contributed by atoms with E-state index in [4.69, 9.17) is 9.84 Å². The molecule has 0 saturated carbocycles. The van der Waals surface area contributed by atoms with E-state index in [1.54, 1.807) is 7.11 Å². The Morgan fingerprint density at radius 2 is 1.95 bits per heavy atom. The highest BCUT2D eigenvalue weighted by Gasteiger charge is 2.19. The fraction of sp³-hybridized carbons (Fsp3) is 0.438. The number of nitrogens with zero attached hydrogens (tertiary/aromatic N) is 2. The third-order valence-corrected chi connectivity index (χ3v) is 3.02. The number of ether oxygens (including phenoxy) is 1. The van der Waals surface area contributed by atoms with Gasteiger partial charge < -0.3 is 4.74 Å². The van der Waals surface area contributed by atoms with Crippen LogP contribution in [0.5, 0.6) is 0 Å². The van der Waals surface area contributed by atoms with Crippen molar-refractivity contribution in [3.05, 3.63) is 41.6 Å². The Kier molecular flexibility index (Phi) is 3.76. The van der Waals surface area contributed by atoms with Gasteiger partial charge in [0, 0.05) is 12.7 Å².